The molecule has 2 unspecified atom stereocenters. The van der Waals surface area contributed by atoms with Crippen LogP contribution in [0.1, 0.15) is 39.0 Å². The highest BCUT2D eigenvalue weighted by Crippen LogP contribution is 2.30. The number of likely N-dealkylation sites (tertiary alicyclic amines) is 1. The van der Waals surface area contributed by atoms with Gasteiger partial charge in [0.2, 0.25) is 0 Å². The monoisotopic (exact) mass is 284 g/mol. The number of hydrogen-bond acceptors (Lipinski definition) is 4. The second-order valence-electron chi connectivity index (χ2n) is 6.56. The van der Waals surface area contributed by atoms with Crippen molar-refractivity contribution in [2.45, 2.75) is 45.1 Å². The van der Waals surface area contributed by atoms with Crippen LogP contribution < -0.4 is 5.32 Å². The predicted octanol–water partition coefficient (Wildman–Crippen LogP) is 1.89. The average Bonchev–Trinajstić information content (AvgIpc) is 2.46. The summed E-state index contributed by atoms with van der Waals surface area (Å²) in [6.07, 6.45) is 6.54. The highest BCUT2D eigenvalue weighted by atomic mass is 16.5. The zero-order chi connectivity index (χ0) is 14.3. The number of rotatable bonds is 7. The van der Waals surface area contributed by atoms with Gasteiger partial charge in [-0.05, 0) is 45.7 Å². The number of nitrogens with zero attached hydrogens (tertiary/aromatic N) is 1. The minimum Gasteiger partial charge on any atom is -0.381 e. The minimum absolute atomic E-state index is 0.305. The van der Waals surface area contributed by atoms with E-state index in [-0.39, 0.29) is 0 Å². The van der Waals surface area contributed by atoms with Gasteiger partial charge in [-0.3, -0.25) is 0 Å². The van der Waals surface area contributed by atoms with Crippen LogP contribution in [0.2, 0.25) is 0 Å². The standard InChI is InChI=1S/C16H32N2O2/c1-3-9-20-15-6-4-8-18(11-15)13-16(12-17-2)7-5-10-19-14-16/h15,17H,3-14H2,1-2H3. The summed E-state index contributed by atoms with van der Waals surface area (Å²) in [7, 11) is 2.06. The van der Waals surface area contributed by atoms with Crippen LogP contribution in [0.5, 0.6) is 0 Å². The van der Waals surface area contributed by atoms with Crippen molar-refractivity contribution in [1.29, 1.82) is 0 Å². The molecule has 0 amide bonds. The molecule has 20 heavy (non-hydrogen) atoms. The Morgan fingerprint density at radius 3 is 3.00 bits per heavy atom. The fourth-order valence-corrected chi connectivity index (χ4v) is 3.66. The average molecular weight is 284 g/mol. The summed E-state index contributed by atoms with van der Waals surface area (Å²) >= 11 is 0. The van der Waals surface area contributed by atoms with Crippen LogP contribution in [0.3, 0.4) is 0 Å². The second kappa shape index (κ2) is 8.32. The molecule has 0 aliphatic carbocycles. The molecular formula is C16H32N2O2. The van der Waals surface area contributed by atoms with Crippen molar-refractivity contribution in [3.05, 3.63) is 0 Å². The van der Waals surface area contributed by atoms with Crippen molar-refractivity contribution >= 4 is 0 Å². The summed E-state index contributed by atoms with van der Waals surface area (Å²) in [5.74, 6) is 0. The molecule has 2 heterocycles. The molecule has 1 N–H and O–H groups in total. The van der Waals surface area contributed by atoms with Crippen LogP contribution in [0.15, 0.2) is 0 Å². The molecule has 0 aromatic carbocycles. The lowest BCUT2D eigenvalue weighted by molar-refractivity contribution is -0.0498. The van der Waals surface area contributed by atoms with Crippen molar-refractivity contribution in [2.24, 2.45) is 5.41 Å². The summed E-state index contributed by atoms with van der Waals surface area (Å²) in [4.78, 5) is 2.61. The SMILES string of the molecule is CCCOC1CCCN(CC2(CNC)CCCOC2)C1. The number of piperidine rings is 1. The smallest absolute Gasteiger partial charge is 0.0702 e. The molecular weight excluding hydrogens is 252 g/mol. The van der Waals surface area contributed by atoms with Crippen molar-refractivity contribution < 1.29 is 9.47 Å². The molecule has 0 aromatic rings. The van der Waals surface area contributed by atoms with Gasteiger partial charge in [0.15, 0.2) is 0 Å². The maximum absolute atomic E-state index is 5.96. The fraction of sp³-hybridized carbons (Fsp3) is 1.00. The number of ether oxygens (including phenoxy) is 2. The first kappa shape index (κ1) is 16.2. The van der Waals surface area contributed by atoms with Gasteiger partial charge in [0.25, 0.3) is 0 Å². The third-order valence-corrected chi connectivity index (χ3v) is 4.53. The van der Waals surface area contributed by atoms with Gasteiger partial charge in [-0.1, -0.05) is 6.92 Å². The van der Waals surface area contributed by atoms with E-state index >= 15 is 0 Å². The van der Waals surface area contributed by atoms with E-state index in [1.165, 1.54) is 32.2 Å². The maximum Gasteiger partial charge on any atom is 0.0702 e. The zero-order valence-electron chi connectivity index (χ0n) is 13.3. The third kappa shape index (κ3) is 4.69. The zero-order valence-corrected chi connectivity index (χ0v) is 13.3. The number of hydrogen-bond donors (Lipinski definition) is 1. The molecule has 0 saturated carbocycles. The Balaban J connectivity index is 1.85. The Hall–Kier alpha value is -0.160. The molecule has 2 rings (SSSR count). The van der Waals surface area contributed by atoms with Crippen LogP contribution in [-0.4, -0.2) is 64.1 Å². The first-order valence-electron chi connectivity index (χ1n) is 8.34. The molecule has 2 aliphatic heterocycles. The molecule has 2 aliphatic rings. The molecule has 2 fully saturated rings. The van der Waals surface area contributed by atoms with Crippen molar-refractivity contribution in [1.82, 2.24) is 10.2 Å². The summed E-state index contributed by atoms with van der Waals surface area (Å²) in [6.45, 7) is 9.47. The summed E-state index contributed by atoms with van der Waals surface area (Å²) < 4.78 is 11.7. The maximum atomic E-state index is 5.96. The van der Waals surface area contributed by atoms with Gasteiger partial charge in [-0.25, -0.2) is 0 Å². The Bertz CT molecular complexity index is 262. The normalized spacial score (nSPS) is 32.4. The topological polar surface area (TPSA) is 33.7 Å². The summed E-state index contributed by atoms with van der Waals surface area (Å²) in [5, 5.41) is 3.38. The van der Waals surface area contributed by atoms with Gasteiger partial charge in [0.05, 0.1) is 12.7 Å². The highest BCUT2D eigenvalue weighted by Gasteiger charge is 2.35. The quantitative estimate of drug-likeness (QED) is 0.774. The van der Waals surface area contributed by atoms with Crippen LogP contribution in [-0.2, 0) is 9.47 Å². The van der Waals surface area contributed by atoms with E-state index < -0.39 is 0 Å². The molecule has 0 spiro atoms. The van der Waals surface area contributed by atoms with E-state index in [1.807, 2.05) is 0 Å². The van der Waals surface area contributed by atoms with Gasteiger partial charge in [0.1, 0.15) is 0 Å². The van der Waals surface area contributed by atoms with Crippen LogP contribution in [0.25, 0.3) is 0 Å². The molecule has 118 valence electrons. The predicted molar refractivity (Wildman–Crippen MR) is 82.1 cm³/mol. The van der Waals surface area contributed by atoms with Crippen LogP contribution in [0, 0.1) is 5.41 Å². The van der Waals surface area contributed by atoms with E-state index in [4.69, 9.17) is 9.47 Å². The van der Waals surface area contributed by atoms with E-state index in [0.717, 1.165) is 45.9 Å². The molecule has 4 heteroatoms. The number of nitrogens with one attached hydrogen (secondary N) is 1. The Morgan fingerprint density at radius 2 is 2.30 bits per heavy atom. The second-order valence-corrected chi connectivity index (χ2v) is 6.56. The first-order valence-corrected chi connectivity index (χ1v) is 8.34. The molecule has 0 aromatic heterocycles. The Kier molecular flexibility index (Phi) is 6.75. The first-order chi connectivity index (χ1) is 9.78. The molecule has 0 radical (unpaired) electrons. The molecule has 0 bridgehead atoms. The van der Waals surface area contributed by atoms with Crippen LogP contribution >= 0.6 is 0 Å². The van der Waals surface area contributed by atoms with Gasteiger partial charge in [-0.2, -0.15) is 0 Å². The van der Waals surface area contributed by atoms with E-state index in [9.17, 15) is 0 Å². The molecule has 4 nitrogen and oxygen atoms in total. The summed E-state index contributed by atoms with van der Waals surface area (Å²) in [5.41, 5.74) is 0.305. The lowest BCUT2D eigenvalue weighted by atomic mass is 9.81. The lowest BCUT2D eigenvalue weighted by Crippen LogP contribution is -2.51. The Labute approximate surface area is 124 Å². The van der Waals surface area contributed by atoms with E-state index in [2.05, 4.69) is 24.2 Å². The highest BCUT2D eigenvalue weighted by molar-refractivity contribution is 4.88. The minimum atomic E-state index is 0.305. The van der Waals surface area contributed by atoms with Gasteiger partial charge >= 0.3 is 0 Å². The fourth-order valence-electron chi connectivity index (χ4n) is 3.66. The van der Waals surface area contributed by atoms with E-state index in [0.29, 0.717) is 11.5 Å². The van der Waals surface area contributed by atoms with Crippen molar-refractivity contribution in [2.75, 3.05) is 53.0 Å². The lowest BCUT2D eigenvalue weighted by Gasteiger charge is -2.43. The van der Waals surface area contributed by atoms with Crippen molar-refractivity contribution in [3.63, 3.8) is 0 Å². The Morgan fingerprint density at radius 1 is 1.40 bits per heavy atom. The molecule has 2 atom stereocenters. The summed E-state index contributed by atoms with van der Waals surface area (Å²) in [6, 6.07) is 0. The van der Waals surface area contributed by atoms with Crippen LogP contribution in [0.4, 0.5) is 0 Å². The van der Waals surface area contributed by atoms with Gasteiger partial charge < -0.3 is 19.7 Å². The van der Waals surface area contributed by atoms with Gasteiger partial charge in [0, 0.05) is 38.3 Å². The van der Waals surface area contributed by atoms with Gasteiger partial charge in [-0.15, -0.1) is 0 Å². The third-order valence-electron chi connectivity index (χ3n) is 4.53. The molecule has 2 saturated heterocycles. The van der Waals surface area contributed by atoms with Crippen molar-refractivity contribution in [3.8, 4) is 0 Å². The van der Waals surface area contributed by atoms with E-state index in [1.54, 1.807) is 0 Å². The largest absolute Gasteiger partial charge is 0.381 e.